The Balaban J connectivity index is 0.00000220. The van der Waals surface area contributed by atoms with Crippen LogP contribution >= 0.6 is 12.4 Å². The molecule has 0 unspecified atom stereocenters. The number of hydrogen-bond donors (Lipinski definition) is 1. The fourth-order valence-corrected chi connectivity index (χ4v) is 3.32. The van der Waals surface area contributed by atoms with Crippen molar-refractivity contribution in [3.05, 3.63) is 24.0 Å². The highest BCUT2D eigenvalue weighted by atomic mass is 35.5. The minimum atomic E-state index is -3.82. The van der Waals surface area contributed by atoms with Crippen molar-refractivity contribution in [3.8, 4) is 5.75 Å². The molecule has 1 aromatic carbocycles. The van der Waals surface area contributed by atoms with Crippen molar-refractivity contribution < 1.29 is 26.3 Å². The second-order valence-corrected chi connectivity index (χ2v) is 6.06. The van der Waals surface area contributed by atoms with E-state index in [2.05, 4.69) is 10.1 Å². The third-order valence-corrected chi connectivity index (χ3v) is 4.73. The molecule has 0 aliphatic carbocycles. The van der Waals surface area contributed by atoms with Gasteiger partial charge in [-0.2, -0.15) is 13.1 Å². The fraction of sp³-hybridized carbons (Fsp3) is 0.455. The van der Waals surface area contributed by atoms with Crippen LogP contribution < -0.4 is 10.1 Å². The van der Waals surface area contributed by atoms with Gasteiger partial charge < -0.3 is 10.1 Å². The maximum atomic E-state index is 13.6. The van der Waals surface area contributed by atoms with Gasteiger partial charge in [0.1, 0.15) is 0 Å². The van der Waals surface area contributed by atoms with Gasteiger partial charge in [0.2, 0.25) is 10.0 Å². The summed E-state index contributed by atoms with van der Waals surface area (Å²) in [5.41, 5.74) is 0. The number of halogens is 4. The first kappa shape index (κ1) is 18.0. The van der Waals surface area contributed by atoms with Crippen LogP contribution in [0.4, 0.5) is 13.2 Å². The van der Waals surface area contributed by atoms with Crippen LogP contribution in [-0.2, 0) is 10.0 Å². The van der Waals surface area contributed by atoms with Crippen molar-refractivity contribution in [2.24, 2.45) is 0 Å². The number of nitrogens with zero attached hydrogens (tertiary/aromatic N) is 1. The zero-order valence-electron chi connectivity index (χ0n) is 10.8. The highest BCUT2D eigenvalue weighted by Gasteiger charge is 2.27. The van der Waals surface area contributed by atoms with Crippen LogP contribution in [0, 0.1) is 5.82 Å². The zero-order valence-corrected chi connectivity index (χ0v) is 12.4. The molecule has 0 bridgehead atoms. The van der Waals surface area contributed by atoms with Crippen LogP contribution in [0.1, 0.15) is 0 Å². The molecule has 1 fully saturated rings. The van der Waals surface area contributed by atoms with E-state index in [-0.39, 0.29) is 30.4 Å². The second kappa shape index (κ2) is 7.30. The summed E-state index contributed by atoms with van der Waals surface area (Å²) in [6.45, 7) is -1.60. The number of piperazine rings is 1. The Hall–Kier alpha value is -1.03. The lowest BCUT2D eigenvalue weighted by molar-refractivity contribution is -0.0522. The van der Waals surface area contributed by atoms with Gasteiger partial charge in [0.15, 0.2) is 11.6 Å². The molecule has 0 radical (unpaired) electrons. The first-order valence-corrected chi connectivity index (χ1v) is 7.30. The summed E-state index contributed by atoms with van der Waals surface area (Å²) in [6, 6.07) is 2.63. The lowest BCUT2D eigenvalue weighted by atomic mass is 10.3. The maximum absolute atomic E-state index is 13.6. The Morgan fingerprint density at radius 3 is 2.38 bits per heavy atom. The highest BCUT2D eigenvalue weighted by molar-refractivity contribution is 7.89. The van der Waals surface area contributed by atoms with Crippen molar-refractivity contribution in [1.82, 2.24) is 9.62 Å². The zero-order chi connectivity index (χ0) is 14.8. The minimum Gasteiger partial charge on any atom is -0.432 e. The summed E-state index contributed by atoms with van der Waals surface area (Å²) in [6.07, 6.45) is 0. The molecule has 5 nitrogen and oxygen atoms in total. The molecule has 10 heteroatoms. The van der Waals surface area contributed by atoms with E-state index >= 15 is 0 Å². The van der Waals surface area contributed by atoms with E-state index < -0.39 is 28.2 Å². The van der Waals surface area contributed by atoms with E-state index in [1.165, 1.54) is 4.31 Å². The Bertz CT molecular complexity index is 580. The van der Waals surface area contributed by atoms with Gasteiger partial charge in [0.25, 0.3) is 0 Å². The van der Waals surface area contributed by atoms with Gasteiger partial charge in [-0.3, -0.25) is 0 Å². The largest absolute Gasteiger partial charge is 0.432 e. The van der Waals surface area contributed by atoms with Gasteiger partial charge in [-0.1, -0.05) is 0 Å². The molecule has 1 aliphatic rings. The van der Waals surface area contributed by atoms with E-state index in [9.17, 15) is 21.6 Å². The molecular formula is C11H14ClF3N2O3S. The van der Waals surface area contributed by atoms with Gasteiger partial charge in [-0.05, 0) is 18.2 Å². The molecule has 21 heavy (non-hydrogen) atoms. The van der Waals surface area contributed by atoms with Crippen LogP contribution in [0.2, 0.25) is 0 Å². The summed E-state index contributed by atoms with van der Waals surface area (Å²) in [4.78, 5) is -0.279. The molecule has 2 rings (SSSR count). The number of benzene rings is 1. The van der Waals surface area contributed by atoms with Gasteiger partial charge in [0, 0.05) is 26.2 Å². The minimum absolute atomic E-state index is 0. The molecule has 120 valence electrons. The third-order valence-electron chi connectivity index (χ3n) is 2.83. The van der Waals surface area contributed by atoms with Gasteiger partial charge in [-0.25, -0.2) is 12.8 Å². The molecule has 1 aromatic rings. The van der Waals surface area contributed by atoms with Crippen molar-refractivity contribution in [1.29, 1.82) is 0 Å². The van der Waals surface area contributed by atoms with Crippen LogP contribution in [-0.4, -0.2) is 45.5 Å². The number of sulfonamides is 1. The fourth-order valence-electron chi connectivity index (χ4n) is 1.87. The molecule has 0 atom stereocenters. The first-order valence-electron chi connectivity index (χ1n) is 5.86. The monoisotopic (exact) mass is 346 g/mol. The summed E-state index contributed by atoms with van der Waals surface area (Å²) in [7, 11) is -3.82. The first-order chi connectivity index (χ1) is 9.41. The normalized spacial score (nSPS) is 16.6. The Morgan fingerprint density at radius 2 is 1.86 bits per heavy atom. The average Bonchev–Trinajstić information content (AvgIpc) is 2.41. The Kier molecular flexibility index (Phi) is 6.26. The molecule has 1 N–H and O–H groups in total. The van der Waals surface area contributed by atoms with E-state index in [4.69, 9.17) is 0 Å². The molecule has 1 heterocycles. The lowest BCUT2D eigenvalue weighted by Crippen LogP contribution is -2.46. The van der Waals surface area contributed by atoms with Gasteiger partial charge in [0.05, 0.1) is 4.90 Å². The summed E-state index contributed by atoms with van der Waals surface area (Å²) >= 11 is 0. The summed E-state index contributed by atoms with van der Waals surface area (Å²) < 4.78 is 67.1. The van der Waals surface area contributed by atoms with Crippen molar-refractivity contribution >= 4 is 22.4 Å². The van der Waals surface area contributed by atoms with Crippen LogP contribution in [0.3, 0.4) is 0 Å². The smallest absolute Gasteiger partial charge is 0.387 e. The predicted molar refractivity (Wildman–Crippen MR) is 71.9 cm³/mol. The average molecular weight is 347 g/mol. The van der Waals surface area contributed by atoms with Gasteiger partial charge >= 0.3 is 6.61 Å². The maximum Gasteiger partial charge on any atom is 0.387 e. The van der Waals surface area contributed by atoms with E-state index in [0.29, 0.717) is 19.2 Å². The third kappa shape index (κ3) is 4.22. The van der Waals surface area contributed by atoms with Crippen molar-refractivity contribution in [3.63, 3.8) is 0 Å². The SMILES string of the molecule is Cl.O=S(=O)(c1ccc(OC(F)F)c(F)c1)N1CCNCC1. The van der Waals surface area contributed by atoms with E-state index in [1.807, 2.05) is 0 Å². The quantitative estimate of drug-likeness (QED) is 0.896. The van der Waals surface area contributed by atoms with Crippen molar-refractivity contribution in [2.75, 3.05) is 26.2 Å². The topological polar surface area (TPSA) is 58.6 Å². The molecule has 1 aliphatic heterocycles. The van der Waals surface area contributed by atoms with Crippen molar-refractivity contribution in [2.45, 2.75) is 11.5 Å². The predicted octanol–water partition coefficient (Wildman–Crippen LogP) is 1.44. The molecule has 0 spiro atoms. The van der Waals surface area contributed by atoms with Crippen LogP contribution in [0.25, 0.3) is 0 Å². The number of alkyl halides is 2. The molecule has 0 saturated carbocycles. The number of nitrogens with one attached hydrogen (secondary N) is 1. The van der Waals surface area contributed by atoms with Crippen LogP contribution in [0.15, 0.2) is 23.1 Å². The Labute approximate surface area is 126 Å². The van der Waals surface area contributed by atoms with Crippen LogP contribution in [0.5, 0.6) is 5.75 Å². The highest BCUT2D eigenvalue weighted by Crippen LogP contribution is 2.24. The molecule has 0 amide bonds. The molecule has 1 saturated heterocycles. The lowest BCUT2D eigenvalue weighted by Gasteiger charge is -2.26. The Morgan fingerprint density at radius 1 is 1.24 bits per heavy atom. The van der Waals surface area contributed by atoms with Gasteiger partial charge in [-0.15, -0.1) is 12.4 Å². The number of rotatable bonds is 4. The standard InChI is InChI=1S/C11H13F3N2O3S.ClH/c12-9-7-8(1-2-10(9)19-11(13)14)20(17,18)16-5-3-15-4-6-16;/h1-2,7,11,15H,3-6H2;1H. The number of ether oxygens (including phenoxy) is 1. The summed E-state index contributed by atoms with van der Waals surface area (Å²) in [5, 5.41) is 3.00. The van der Waals surface area contributed by atoms with E-state index in [1.54, 1.807) is 0 Å². The molecule has 0 aromatic heterocycles. The second-order valence-electron chi connectivity index (χ2n) is 4.12. The summed E-state index contributed by atoms with van der Waals surface area (Å²) in [5.74, 6) is -1.82. The van der Waals surface area contributed by atoms with E-state index in [0.717, 1.165) is 12.1 Å². The molecular weight excluding hydrogens is 333 g/mol. The number of hydrogen-bond acceptors (Lipinski definition) is 4.